The lowest BCUT2D eigenvalue weighted by Gasteiger charge is -2.36. The highest BCUT2D eigenvalue weighted by atomic mass is 19.1. The van der Waals surface area contributed by atoms with Gasteiger partial charge in [0.2, 0.25) is 0 Å². The standard InChI is InChI=1S/C29H40FN5O/c1-5-11-27-26(22-33(7-3)21-23-12-8-9-15-28(23)36-4)29(34-18-16-32(6-2)17-19-34)35(31-27)25-14-10-13-24(30)20-25/h8-10,12-15,20H,5-7,11,16-19,21-22H2,1-4H3. The first-order valence-corrected chi connectivity index (χ1v) is 13.3. The van der Waals surface area contributed by atoms with Crippen molar-refractivity contribution in [2.45, 2.75) is 46.7 Å². The number of hydrogen-bond acceptors (Lipinski definition) is 5. The van der Waals surface area contributed by atoms with E-state index >= 15 is 0 Å². The fraction of sp³-hybridized carbons (Fsp3) is 0.483. The van der Waals surface area contributed by atoms with Crippen LogP contribution in [0.25, 0.3) is 5.69 Å². The number of likely N-dealkylation sites (N-methyl/N-ethyl adjacent to an activating group) is 1. The van der Waals surface area contributed by atoms with Gasteiger partial charge in [0.15, 0.2) is 0 Å². The van der Waals surface area contributed by atoms with Gasteiger partial charge in [0.1, 0.15) is 17.4 Å². The molecule has 0 atom stereocenters. The van der Waals surface area contributed by atoms with Crippen molar-refractivity contribution in [3.05, 3.63) is 71.2 Å². The molecule has 1 aliphatic heterocycles. The van der Waals surface area contributed by atoms with Gasteiger partial charge in [-0.15, -0.1) is 0 Å². The fourth-order valence-corrected chi connectivity index (χ4v) is 5.05. The average Bonchev–Trinajstić information content (AvgIpc) is 3.26. The van der Waals surface area contributed by atoms with Gasteiger partial charge in [-0.05, 0) is 43.8 Å². The Kier molecular flexibility index (Phi) is 8.99. The van der Waals surface area contributed by atoms with Crippen LogP contribution >= 0.6 is 0 Å². The van der Waals surface area contributed by atoms with Crippen LogP contribution in [0.2, 0.25) is 0 Å². The fourth-order valence-electron chi connectivity index (χ4n) is 5.05. The van der Waals surface area contributed by atoms with E-state index in [2.05, 4.69) is 47.6 Å². The molecule has 2 heterocycles. The summed E-state index contributed by atoms with van der Waals surface area (Å²) in [5.74, 6) is 1.78. The summed E-state index contributed by atoms with van der Waals surface area (Å²) in [6, 6.07) is 15.0. The maximum absolute atomic E-state index is 14.3. The summed E-state index contributed by atoms with van der Waals surface area (Å²) < 4.78 is 21.9. The monoisotopic (exact) mass is 493 g/mol. The number of anilines is 1. The van der Waals surface area contributed by atoms with Crippen LogP contribution in [0.1, 0.15) is 44.0 Å². The molecule has 1 saturated heterocycles. The molecular weight excluding hydrogens is 453 g/mol. The Balaban J connectivity index is 1.75. The molecule has 1 fully saturated rings. The zero-order valence-corrected chi connectivity index (χ0v) is 22.2. The summed E-state index contributed by atoms with van der Waals surface area (Å²) in [6.07, 6.45) is 1.90. The van der Waals surface area contributed by atoms with E-state index in [0.29, 0.717) is 0 Å². The summed E-state index contributed by atoms with van der Waals surface area (Å²) in [6.45, 7) is 14.1. The predicted molar refractivity (Wildman–Crippen MR) is 145 cm³/mol. The van der Waals surface area contributed by atoms with E-state index in [1.807, 2.05) is 22.9 Å². The normalized spacial score (nSPS) is 14.6. The van der Waals surface area contributed by atoms with Crippen molar-refractivity contribution in [2.24, 2.45) is 0 Å². The van der Waals surface area contributed by atoms with Crippen molar-refractivity contribution in [3.63, 3.8) is 0 Å². The molecular formula is C29H40FN5O. The first-order valence-electron chi connectivity index (χ1n) is 13.3. The van der Waals surface area contributed by atoms with E-state index in [-0.39, 0.29) is 5.82 Å². The molecule has 0 unspecified atom stereocenters. The summed E-state index contributed by atoms with van der Waals surface area (Å²) in [5.41, 5.74) is 4.31. The number of rotatable bonds is 11. The van der Waals surface area contributed by atoms with E-state index in [1.54, 1.807) is 19.2 Å². The maximum atomic E-state index is 14.3. The van der Waals surface area contributed by atoms with Crippen LogP contribution in [0.5, 0.6) is 5.75 Å². The number of para-hydroxylation sites is 1. The van der Waals surface area contributed by atoms with Crippen LogP contribution < -0.4 is 9.64 Å². The van der Waals surface area contributed by atoms with Gasteiger partial charge in [-0.25, -0.2) is 9.07 Å². The molecule has 1 aromatic heterocycles. The SMILES string of the molecule is CCCc1nn(-c2cccc(F)c2)c(N2CCN(CC)CC2)c1CN(CC)Cc1ccccc1OC. The number of methoxy groups -OCH3 is 1. The molecule has 3 aromatic rings. The Hall–Kier alpha value is -2.90. The highest BCUT2D eigenvalue weighted by molar-refractivity contribution is 5.56. The predicted octanol–water partition coefficient (Wildman–Crippen LogP) is 5.14. The molecule has 2 aromatic carbocycles. The quantitative estimate of drug-likeness (QED) is 0.370. The molecule has 0 aliphatic carbocycles. The van der Waals surface area contributed by atoms with E-state index < -0.39 is 0 Å². The van der Waals surface area contributed by atoms with Gasteiger partial charge < -0.3 is 14.5 Å². The lowest BCUT2D eigenvalue weighted by Crippen LogP contribution is -2.47. The van der Waals surface area contributed by atoms with Crippen LogP contribution in [0.3, 0.4) is 0 Å². The summed E-state index contributed by atoms with van der Waals surface area (Å²) in [5, 5.41) is 5.10. The van der Waals surface area contributed by atoms with Crippen molar-refractivity contribution in [3.8, 4) is 11.4 Å². The number of nitrogens with zero attached hydrogens (tertiary/aromatic N) is 5. The Morgan fingerprint density at radius 3 is 2.42 bits per heavy atom. The number of halogens is 1. The van der Waals surface area contributed by atoms with E-state index in [1.165, 1.54) is 17.2 Å². The minimum atomic E-state index is -0.241. The van der Waals surface area contributed by atoms with Gasteiger partial charge in [-0.3, -0.25) is 4.90 Å². The largest absolute Gasteiger partial charge is 0.496 e. The van der Waals surface area contributed by atoms with E-state index in [9.17, 15) is 4.39 Å². The van der Waals surface area contributed by atoms with E-state index in [0.717, 1.165) is 88.1 Å². The minimum absolute atomic E-state index is 0.241. The highest BCUT2D eigenvalue weighted by Gasteiger charge is 2.27. The number of hydrogen-bond donors (Lipinski definition) is 0. The summed E-state index contributed by atoms with van der Waals surface area (Å²) >= 11 is 0. The molecule has 0 radical (unpaired) electrons. The van der Waals surface area contributed by atoms with Gasteiger partial charge in [0, 0.05) is 50.4 Å². The third-order valence-electron chi connectivity index (χ3n) is 7.11. The van der Waals surface area contributed by atoms with E-state index in [4.69, 9.17) is 9.84 Å². The zero-order chi connectivity index (χ0) is 25.5. The van der Waals surface area contributed by atoms with Crippen LogP contribution in [-0.2, 0) is 19.5 Å². The van der Waals surface area contributed by atoms with Crippen molar-refractivity contribution in [2.75, 3.05) is 51.3 Å². The Bertz CT molecular complexity index is 1120. The van der Waals surface area contributed by atoms with Crippen LogP contribution in [0.15, 0.2) is 48.5 Å². The molecule has 0 saturated carbocycles. The molecule has 194 valence electrons. The Morgan fingerprint density at radius 1 is 0.972 bits per heavy atom. The Morgan fingerprint density at radius 2 is 1.75 bits per heavy atom. The second kappa shape index (κ2) is 12.4. The van der Waals surface area contributed by atoms with Gasteiger partial charge in [0.05, 0.1) is 18.5 Å². The van der Waals surface area contributed by atoms with Gasteiger partial charge in [-0.1, -0.05) is 51.5 Å². The molecule has 0 N–H and O–H groups in total. The summed E-state index contributed by atoms with van der Waals surface area (Å²) in [4.78, 5) is 7.37. The molecule has 0 amide bonds. The summed E-state index contributed by atoms with van der Waals surface area (Å²) in [7, 11) is 1.73. The Labute approximate surface area is 215 Å². The third kappa shape index (κ3) is 5.90. The molecule has 4 rings (SSSR count). The molecule has 6 nitrogen and oxygen atoms in total. The third-order valence-corrected chi connectivity index (χ3v) is 7.11. The van der Waals surface area contributed by atoms with Crippen molar-refractivity contribution in [1.82, 2.24) is 19.6 Å². The van der Waals surface area contributed by atoms with Crippen LogP contribution in [-0.4, -0.2) is 66.0 Å². The van der Waals surface area contributed by atoms with Gasteiger partial charge >= 0.3 is 0 Å². The molecule has 36 heavy (non-hydrogen) atoms. The number of aromatic nitrogens is 2. The van der Waals surface area contributed by atoms with Crippen LogP contribution in [0, 0.1) is 5.82 Å². The molecule has 1 aliphatic rings. The molecule has 7 heteroatoms. The first kappa shape index (κ1) is 26.2. The number of piperazine rings is 1. The number of ether oxygens (including phenoxy) is 1. The number of aryl methyl sites for hydroxylation is 1. The minimum Gasteiger partial charge on any atom is -0.496 e. The zero-order valence-electron chi connectivity index (χ0n) is 22.2. The smallest absolute Gasteiger partial charge is 0.137 e. The lowest BCUT2D eigenvalue weighted by atomic mass is 10.1. The average molecular weight is 494 g/mol. The second-order valence-corrected chi connectivity index (χ2v) is 9.43. The molecule has 0 spiro atoms. The molecule has 0 bridgehead atoms. The maximum Gasteiger partial charge on any atom is 0.137 e. The van der Waals surface area contributed by atoms with Gasteiger partial charge in [-0.2, -0.15) is 5.10 Å². The van der Waals surface area contributed by atoms with Crippen LogP contribution in [0.4, 0.5) is 10.2 Å². The first-order chi connectivity index (χ1) is 17.6. The van der Waals surface area contributed by atoms with Gasteiger partial charge in [0.25, 0.3) is 0 Å². The second-order valence-electron chi connectivity index (χ2n) is 9.43. The number of benzene rings is 2. The lowest BCUT2D eigenvalue weighted by molar-refractivity contribution is 0.261. The van der Waals surface area contributed by atoms with Crippen molar-refractivity contribution < 1.29 is 9.13 Å². The topological polar surface area (TPSA) is 36.8 Å². The van der Waals surface area contributed by atoms with Crippen molar-refractivity contribution in [1.29, 1.82) is 0 Å². The van der Waals surface area contributed by atoms with Crippen molar-refractivity contribution >= 4 is 5.82 Å². The highest BCUT2D eigenvalue weighted by Crippen LogP contribution is 2.32.